The van der Waals surface area contributed by atoms with Gasteiger partial charge in [0.2, 0.25) is 0 Å². The molecule has 4 atom stereocenters. The molecule has 14 heavy (non-hydrogen) atoms. The smallest absolute Gasteiger partial charge is 0.00908 e. The van der Waals surface area contributed by atoms with Crippen LogP contribution in [0.1, 0.15) is 23.0 Å². The van der Waals surface area contributed by atoms with Crippen molar-refractivity contribution in [1.82, 2.24) is 0 Å². The summed E-state index contributed by atoms with van der Waals surface area (Å²) < 4.78 is 0. The molecule has 6 aliphatic rings. The zero-order valence-electron chi connectivity index (χ0n) is 7.93. The first kappa shape index (κ1) is 5.95. The number of rotatable bonds is 0. The van der Waals surface area contributed by atoms with E-state index >= 15 is 0 Å². The molecule has 0 heterocycles. The normalized spacial score (nSPS) is 66.6. The first-order chi connectivity index (χ1) is 6.98. The van der Waals surface area contributed by atoms with E-state index in [-0.39, 0.29) is 0 Å². The van der Waals surface area contributed by atoms with Gasteiger partial charge < -0.3 is 0 Å². The Bertz CT molecular complexity index is 424. The largest absolute Gasteiger partial charge is 0.0620 e. The molecule has 4 unspecified atom stereocenters. The van der Waals surface area contributed by atoms with Crippen LogP contribution in [0.3, 0.4) is 0 Å². The van der Waals surface area contributed by atoms with Gasteiger partial charge in [-0.3, -0.25) is 0 Å². The third kappa shape index (κ3) is 0.303. The van der Waals surface area contributed by atoms with E-state index in [0.717, 1.165) is 35.5 Å². The lowest BCUT2D eigenvalue weighted by Crippen LogP contribution is -2.87. The monoisotopic (exact) mass is 180 g/mol. The minimum absolute atomic E-state index is 1.03. The van der Waals surface area contributed by atoms with Gasteiger partial charge in [0, 0.05) is 0 Å². The molecule has 68 valence electrons. The molecule has 1 aromatic carbocycles. The summed E-state index contributed by atoms with van der Waals surface area (Å²) >= 11 is 0. The van der Waals surface area contributed by atoms with Crippen LogP contribution < -0.4 is 0 Å². The molecule has 0 nitrogen and oxygen atoms in total. The van der Waals surface area contributed by atoms with Gasteiger partial charge in [0.1, 0.15) is 0 Å². The van der Waals surface area contributed by atoms with Crippen molar-refractivity contribution in [1.29, 1.82) is 0 Å². The Kier molecular flexibility index (Phi) is 0.592. The Labute approximate surface area is 83.3 Å². The van der Waals surface area contributed by atoms with Gasteiger partial charge in [-0.1, -0.05) is 24.3 Å². The summed E-state index contributed by atoms with van der Waals surface area (Å²) in [6, 6.07) is 9.33. The van der Waals surface area contributed by atoms with E-state index in [0.29, 0.717) is 0 Å². The first-order valence-electron chi connectivity index (χ1n) is 6.07. The Balaban J connectivity index is 1.75. The molecule has 4 saturated carbocycles. The van der Waals surface area contributed by atoms with Gasteiger partial charge in [-0.25, -0.2) is 0 Å². The summed E-state index contributed by atoms with van der Waals surface area (Å²) in [6.07, 6.45) is 0. The summed E-state index contributed by atoms with van der Waals surface area (Å²) in [5.74, 6) is 9.15. The number of hydrogen-bond donors (Lipinski definition) is 0. The zero-order chi connectivity index (χ0) is 8.60. The van der Waals surface area contributed by atoms with Crippen molar-refractivity contribution in [2.24, 2.45) is 35.5 Å². The van der Waals surface area contributed by atoms with Crippen LogP contribution in [0.4, 0.5) is 0 Å². The molecule has 7 rings (SSSR count). The zero-order valence-corrected chi connectivity index (χ0v) is 7.93. The number of benzene rings is 1. The van der Waals surface area contributed by atoms with E-state index in [2.05, 4.69) is 24.3 Å². The summed E-state index contributed by atoms with van der Waals surface area (Å²) in [4.78, 5) is 0. The summed E-state index contributed by atoms with van der Waals surface area (Å²) in [5, 5.41) is 0. The van der Waals surface area contributed by atoms with Gasteiger partial charge in [-0.05, 0) is 58.5 Å². The van der Waals surface area contributed by atoms with Crippen LogP contribution in [0.15, 0.2) is 24.3 Å². The van der Waals surface area contributed by atoms with Gasteiger partial charge in [0.05, 0.1) is 0 Å². The van der Waals surface area contributed by atoms with Crippen LogP contribution in [0.2, 0.25) is 0 Å². The molecular formula is C14H12. The van der Waals surface area contributed by atoms with Crippen LogP contribution in [0.5, 0.6) is 0 Å². The first-order valence-corrected chi connectivity index (χ1v) is 6.07. The quantitative estimate of drug-likeness (QED) is 0.575. The fourth-order valence-corrected chi connectivity index (χ4v) is 6.36. The highest BCUT2D eigenvalue weighted by atomic mass is 14.9. The second-order valence-electron chi connectivity index (χ2n) is 6.14. The lowest BCUT2D eigenvalue weighted by Gasteiger charge is -2.93. The summed E-state index contributed by atoms with van der Waals surface area (Å²) in [7, 11) is 0. The fraction of sp³-hybridized carbons (Fsp3) is 0.571. The maximum atomic E-state index is 2.42. The standard InChI is InChI=1S/C14H12/c1-2-4-6-5(3-1)7-9-11-8(6)12-10(7)13(9)14(11)12/h1-4,7-14H. The van der Waals surface area contributed by atoms with Gasteiger partial charge >= 0.3 is 0 Å². The van der Waals surface area contributed by atoms with E-state index in [1.165, 1.54) is 11.8 Å². The molecule has 0 radical (unpaired) electrons. The molecular weight excluding hydrogens is 168 g/mol. The van der Waals surface area contributed by atoms with E-state index in [1.54, 1.807) is 11.1 Å². The topological polar surface area (TPSA) is 0 Å². The maximum Gasteiger partial charge on any atom is -0.00908 e. The van der Waals surface area contributed by atoms with E-state index in [9.17, 15) is 0 Å². The van der Waals surface area contributed by atoms with Crippen molar-refractivity contribution in [2.45, 2.75) is 11.8 Å². The van der Waals surface area contributed by atoms with E-state index in [4.69, 9.17) is 0 Å². The van der Waals surface area contributed by atoms with E-state index < -0.39 is 0 Å². The lowest BCUT2D eigenvalue weighted by molar-refractivity contribution is -0.407. The predicted molar refractivity (Wildman–Crippen MR) is 52.9 cm³/mol. The van der Waals surface area contributed by atoms with Crippen LogP contribution in [-0.4, -0.2) is 0 Å². The molecule has 0 N–H and O–H groups in total. The molecule has 0 heteroatoms. The van der Waals surface area contributed by atoms with Crippen molar-refractivity contribution >= 4 is 0 Å². The van der Waals surface area contributed by atoms with Crippen molar-refractivity contribution in [2.75, 3.05) is 0 Å². The molecule has 0 spiro atoms. The van der Waals surface area contributed by atoms with Gasteiger partial charge in [-0.15, -0.1) is 0 Å². The van der Waals surface area contributed by atoms with Crippen LogP contribution in [0.25, 0.3) is 0 Å². The second-order valence-corrected chi connectivity index (χ2v) is 6.14. The molecule has 0 amide bonds. The molecule has 0 aromatic heterocycles. The van der Waals surface area contributed by atoms with Crippen LogP contribution in [0, 0.1) is 35.5 Å². The fourth-order valence-electron chi connectivity index (χ4n) is 6.36. The Morgan fingerprint density at radius 2 is 1.00 bits per heavy atom. The van der Waals surface area contributed by atoms with Crippen molar-refractivity contribution in [3.63, 3.8) is 0 Å². The minimum Gasteiger partial charge on any atom is -0.0620 e. The molecule has 1 aromatic rings. The summed E-state index contributed by atoms with van der Waals surface area (Å²) in [5.41, 5.74) is 3.52. The van der Waals surface area contributed by atoms with Gasteiger partial charge in [0.25, 0.3) is 0 Å². The van der Waals surface area contributed by atoms with Crippen molar-refractivity contribution in [3.05, 3.63) is 35.4 Å². The molecule has 0 aliphatic heterocycles. The predicted octanol–water partition coefficient (Wildman–Crippen LogP) is 2.62. The Morgan fingerprint density at radius 3 is 1.43 bits per heavy atom. The molecule has 6 aliphatic carbocycles. The second kappa shape index (κ2) is 1.39. The highest BCUT2D eigenvalue weighted by Gasteiger charge is 2.88. The highest BCUT2D eigenvalue weighted by molar-refractivity contribution is 5.55. The molecule has 0 saturated heterocycles. The number of hydrogen-bond acceptors (Lipinski definition) is 0. The third-order valence-corrected chi connectivity index (χ3v) is 6.48. The average Bonchev–Trinajstić information content (AvgIpc) is 2.20. The van der Waals surface area contributed by atoms with E-state index in [1.807, 2.05) is 0 Å². The van der Waals surface area contributed by atoms with Crippen LogP contribution >= 0.6 is 0 Å². The van der Waals surface area contributed by atoms with Gasteiger partial charge in [-0.2, -0.15) is 0 Å². The maximum absolute atomic E-state index is 2.42. The lowest BCUT2D eigenvalue weighted by atomic mass is 9.11. The summed E-state index contributed by atoms with van der Waals surface area (Å²) in [6.45, 7) is 0. The highest BCUT2D eigenvalue weighted by Crippen LogP contribution is 2.94. The average molecular weight is 180 g/mol. The third-order valence-electron chi connectivity index (χ3n) is 6.48. The molecule has 4 fully saturated rings. The van der Waals surface area contributed by atoms with Crippen molar-refractivity contribution < 1.29 is 0 Å². The SMILES string of the molecule is c1ccc2c(c1)C1C3C4C2C2C1C3C42. The van der Waals surface area contributed by atoms with Gasteiger partial charge in [0.15, 0.2) is 0 Å². The minimum atomic E-state index is 1.03. The Hall–Kier alpha value is -0.780. The Morgan fingerprint density at radius 1 is 0.571 bits per heavy atom. The van der Waals surface area contributed by atoms with Crippen LogP contribution in [-0.2, 0) is 0 Å². The molecule has 2 bridgehead atoms. The van der Waals surface area contributed by atoms with Crippen molar-refractivity contribution in [3.8, 4) is 0 Å².